The Bertz CT molecular complexity index is 509. The van der Waals surface area contributed by atoms with Crippen molar-refractivity contribution in [2.45, 2.75) is 43.8 Å². The van der Waals surface area contributed by atoms with Crippen molar-refractivity contribution in [1.82, 2.24) is 20.8 Å². The summed E-state index contributed by atoms with van der Waals surface area (Å²) < 4.78 is 0. The summed E-state index contributed by atoms with van der Waals surface area (Å²) in [6, 6.07) is -1.07. The highest BCUT2D eigenvalue weighted by atomic mass is 16.7. The number of rotatable bonds is 7. The fraction of sp³-hybridized carbons (Fsp3) is 0.786. The van der Waals surface area contributed by atoms with Gasteiger partial charge in [-0.05, 0) is 32.2 Å². The SMILES string of the molecule is O=C(O)CON1C(=O)N2C[C@H]1CC[C@H]2C(=O)NOC[C@@H]1CCCN1. The molecule has 3 fully saturated rings. The summed E-state index contributed by atoms with van der Waals surface area (Å²) in [4.78, 5) is 46.9. The van der Waals surface area contributed by atoms with E-state index < -0.39 is 24.6 Å². The van der Waals surface area contributed by atoms with Crippen LogP contribution in [0.5, 0.6) is 0 Å². The third-order valence-electron chi connectivity index (χ3n) is 4.57. The summed E-state index contributed by atoms with van der Waals surface area (Å²) >= 11 is 0. The minimum atomic E-state index is -1.15. The molecule has 2 bridgehead atoms. The molecule has 3 amide bonds. The maximum Gasteiger partial charge on any atom is 0.345 e. The lowest BCUT2D eigenvalue weighted by atomic mass is 10.0. The van der Waals surface area contributed by atoms with Crippen LogP contribution >= 0.6 is 0 Å². The molecule has 24 heavy (non-hydrogen) atoms. The first-order valence-corrected chi connectivity index (χ1v) is 8.16. The number of amides is 3. The molecule has 0 aliphatic carbocycles. The Balaban J connectivity index is 1.49. The fourth-order valence-electron chi connectivity index (χ4n) is 3.38. The van der Waals surface area contributed by atoms with E-state index in [9.17, 15) is 14.4 Å². The van der Waals surface area contributed by atoms with Crippen molar-refractivity contribution in [1.29, 1.82) is 0 Å². The van der Waals surface area contributed by atoms with Crippen molar-refractivity contribution >= 4 is 17.9 Å². The van der Waals surface area contributed by atoms with Crippen molar-refractivity contribution in [3.8, 4) is 0 Å². The summed E-state index contributed by atoms with van der Waals surface area (Å²) in [6.45, 7) is 1.12. The van der Waals surface area contributed by atoms with Gasteiger partial charge in [-0.15, -0.1) is 0 Å². The fourth-order valence-corrected chi connectivity index (χ4v) is 3.38. The second-order valence-electron chi connectivity index (χ2n) is 6.25. The van der Waals surface area contributed by atoms with Gasteiger partial charge in [-0.2, -0.15) is 5.06 Å². The number of hydrogen-bond acceptors (Lipinski definition) is 6. The lowest BCUT2D eigenvalue weighted by Gasteiger charge is -2.29. The van der Waals surface area contributed by atoms with E-state index in [0.717, 1.165) is 24.4 Å². The van der Waals surface area contributed by atoms with Crippen LogP contribution in [-0.2, 0) is 19.3 Å². The molecular formula is C14H22N4O6. The number of carbonyl (C=O) groups is 3. The molecule has 134 valence electrons. The van der Waals surface area contributed by atoms with Crippen LogP contribution in [0.4, 0.5) is 4.79 Å². The summed E-state index contributed by atoms with van der Waals surface area (Å²) in [7, 11) is 0. The highest BCUT2D eigenvalue weighted by Crippen LogP contribution is 2.30. The van der Waals surface area contributed by atoms with Crippen LogP contribution in [0, 0.1) is 0 Å². The number of nitrogens with zero attached hydrogens (tertiary/aromatic N) is 2. The minimum absolute atomic E-state index is 0.218. The monoisotopic (exact) mass is 342 g/mol. The smallest absolute Gasteiger partial charge is 0.345 e. The molecular weight excluding hydrogens is 320 g/mol. The van der Waals surface area contributed by atoms with Gasteiger partial charge in [0, 0.05) is 12.6 Å². The van der Waals surface area contributed by atoms with Gasteiger partial charge in [0.1, 0.15) is 6.04 Å². The van der Waals surface area contributed by atoms with Crippen LogP contribution in [0.25, 0.3) is 0 Å². The number of urea groups is 1. The molecule has 3 heterocycles. The summed E-state index contributed by atoms with van der Waals surface area (Å²) in [5.41, 5.74) is 2.42. The molecule has 10 nitrogen and oxygen atoms in total. The number of carboxylic acids is 1. The molecule has 0 unspecified atom stereocenters. The second-order valence-corrected chi connectivity index (χ2v) is 6.25. The van der Waals surface area contributed by atoms with Crippen LogP contribution < -0.4 is 10.8 Å². The Morgan fingerprint density at radius 3 is 2.88 bits per heavy atom. The summed E-state index contributed by atoms with van der Waals surface area (Å²) in [6.07, 6.45) is 3.17. The molecule has 0 aromatic carbocycles. The number of fused-ring (bicyclic) bond motifs is 2. The largest absolute Gasteiger partial charge is 0.479 e. The first-order valence-electron chi connectivity index (χ1n) is 8.16. The molecule has 3 N–H and O–H groups in total. The average Bonchev–Trinajstić information content (AvgIpc) is 3.14. The number of carboxylic acid groups (broad SMARTS) is 1. The zero-order chi connectivity index (χ0) is 17.1. The van der Waals surface area contributed by atoms with Crippen LogP contribution in [-0.4, -0.2) is 77.4 Å². The Labute approximate surface area is 138 Å². The van der Waals surface area contributed by atoms with E-state index in [-0.39, 0.29) is 18.0 Å². The van der Waals surface area contributed by atoms with Crippen LogP contribution in [0.2, 0.25) is 0 Å². The Morgan fingerprint density at radius 2 is 2.17 bits per heavy atom. The zero-order valence-electron chi connectivity index (χ0n) is 13.3. The van der Waals surface area contributed by atoms with E-state index in [2.05, 4.69) is 10.8 Å². The zero-order valence-corrected chi connectivity index (χ0v) is 13.3. The Hall–Kier alpha value is -1.91. The van der Waals surface area contributed by atoms with Gasteiger partial charge in [0.2, 0.25) is 0 Å². The van der Waals surface area contributed by atoms with Crippen molar-refractivity contribution in [2.24, 2.45) is 0 Å². The molecule has 0 aromatic heterocycles. The van der Waals surface area contributed by atoms with Crippen molar-refractivity contribution in [2.75, 3.05) is 26.3 Å². The molecule has 3 aliphatic rings. The molecule has 0 radical (unpaired) electrons. The quantitative estimate of drug-likeness (QED) is 0.511. The molecule has 0 aromatic rings. The van der Waals surface area contributed by atoms with Crippen LogP contribution in [0.1, 0.15) is 25.7 Å². The average molecular weight is 342 g/mol. The minimum Gasteiger partial charge on any atom is -0.479 e. The third kappa shape index (κ3) is 3.60. The lowest BCUT2D eigenvalue weighted by molar-refractivity contribution is -0.167. The highest BCUT2D eigenvalue weighted by Gasteiger charge is 2.48. The maximum absolute atomic E-state index is 12.3. The number of hydroxylamine groups is 3. The van der Waals surface area contributed by atoms with Gasteiger partial charge in [0.15, 0.2) is 6.61 Å². The van der Waals surface area contributed by atoms with E-state index in [1.165, 1.54) is 4.90 Å². The van der Waals surface area contributed by atoms with E-state index >= 15 is 0 Å². The van der Waals surface area contributed by atoms with Crippen molar-refractivity contribution in [3.63, 3.8) is 0 Å². The number of carbonyl (C=O) groups excluding carboxylic acids is 2. The maximum atomic E-state index is 12.3. The van der Waals surface area contributed by atoms with E-state index in [0.29, 0.717) is 26.0 Å². The molecule has 10 heteroatoms. The number of nitrogens with one attached hydrogen (secondary N) is 2. The standard InChI is InChI=1S/C14H22N4O6/c19-12(20)8-24-18-10-3-4-11(17(6-10)14(18)22)13(21)16-23-7-9-2-1-5-15-9/h9-11,15H,1-8H2,(H,16,21)(H,19,20)/t9-,10+,11-/m0/s1. The second kappa shape index (κ2) is 7.32. The van der Waals surface area contributed by atoms with Crippen molar-refractivity contribution in [3.05, 3.63) is 0 Å². The number of hydrogen-bond donors (Lipinski definition) is 3. The Kier molecular flexibility index (Phi) is 5.17. The predicted octanol–water partition coefficient (Wildman–Crippen LogP) is -0.929. The van der Waals surface area contributed by atoms with Gasteiger partial charge in [-0.1, -0.05) is 0 Å². The van der Waals surface area contributed by atoms with E-state index in [1.807, 2.05) is 0 Å². The van der Waals surface area contributed by atoms with Crippen LogP contribution in [0.15, 0.2) is 0 Å². The number of piperidine rings is 1. The van der Waals surface area contributed by atoms with E-state index in [1.54, 1.807) is 0 Å². The third-order valence-corrected chi connectivity index (χ3v) is 4.57. The summed E-state index contributed by atoms with van der Waals surface area (Å²) in [5, 5.41) is 13.0. The first-order chi connectivity index (χ1) is 11.6. The molecule has 3 atom stereocenters. The molecule has 3 aliphatic heterocycles. The molecule has 3 rings (SSSR count). The van der Waals surface area contributed by atoms with Gasteiger partial charge in [-0.25, -0.2) is 15.1 Å². The normalized spacial score (nSPS) is 29.2. The molecule has 0 saturated carbocycles. The van der Waals surface area contributed by atoms with Gasteiger partial charge < -0.3 is 15.3 Å². The van der Waals surface area contributed by atoms with Gasteiger partial charge in [-0.3, -0.25) is 14.5 Å². The van der Waals surface area contributed by atoms with Gasteiger partial charge >= 0.3 is 12.0 Å². The Morgan fingerprint density at radius 1 is 1.33 bits per heavy atom. The summed E-state index contributed by atoms with van der Waals surface area (Å²) in [5.74, 6) is -1.51. The lowest BCUT2D eigenvalue weighted by Crippen LogP contribution is -2.50. The van der Waals surface area contributed by atoms with Crippen LogP contribution in [0.3, 0.4) is 0 Å². The number of aliphatic carboxylic acids is 1. The topological polar surface area (TPSA) is 120 Å². The highest BCUT2D eigenvalue weighted by molar-refractivity contribution is 5.88. The van der Waals surface area contributed by atoms with Crippen molar-refractivity contribution < 1.29 is 29.2 Å². The predicted molar refractivity (Wildman–Crippen MR) is 79.5 cm³/mol. The van der Waals surface area contributed by atoms with Gasteiger partial charge in [0.05, 0.1) is 12.6 Å². The van der Waals surface area contributed by atoms with Gasteiger partial charge in [0.25, 0.3) is 5.91 Å². The molecule has 0 spiro atoms. The first kappa shape index (κ1) is 16.9. The van der Waals surface area contributed by atoms with E-state index in [4.69, 9.17) is 14.8 Å². The molecule has 3 saturated heterocycles.